The Morgan fingerprint density at radius 1 is 1.11 bits per heavy atom. The van der Waals surface area contributed by atoms with Gasteiger partial charge in [0.15, 0.2) is 0 Å². The number of halogens is 1. The lowest BCUT2D eigenvalue weighted by atomic mass is 9.87. The first kappa shape index (κ1) is 11.4. The summed E-state index contributed by atoms with van der Waals surface area (Å²) in [5.74, 6) is -0.339. The summed E-state index contributed by atoms with van der Waals surface area (Å²) in [5.41, 5.74) is 2.27. The van der Waals surface area contributed by atoms with Crippen molar-refractivity contribution < 1.29 is 9.50 Å². The van der Waals surface area contributed by atoms with E-state index in [0.717, 1.165) is 23.1 Å². The molecule has 0 radical (unpaired) electrons. The first-order valence-electron chi connectivity index (χ1n) is 6.19. The summed E-state index contributed by atoms with van der Waals surface area (Å²) in [6.45, 7) is 1.99. The Morgan fingerprint density at radius 2 is 1.89 bits per heavy atom. The maximum absolute atomic E-state index is 13.9. The van der Waals surface area contributed by atoms with E-state index < -0.39 is 5.60 Å². The van der Waals surface area contributed by atoms with Gasteiger partial charge in [-0.2, -0.15) is 0 Å². The highest BCUT2D eigenvalue weighted by molar-refractivity contribution is 5.47. The van der Waals surface area contributed by atoms with Crippen molar-refractivity contribution in [3.05, 3.63) is 70.5 Å². The molecule has 0 heterocycles. The number of rotatable bonds is 1. The largest absolute Gasteiger partial charge is 0.380 e. The molecule has 2 aromatic rings. The normalized spacial score (nSPS) is 21.9. The van der Waals surface area contributed by atoms with Gasteiger partial charge in [-0.25, -0.2) is 4.39 Å². The van der Waals surface area contributed by atoms with E-state index in [0.29, 0.717) is 12.0 Å². The van der Waals surface area contributed by atoms with Crippen molar-refractivity contribution in [3.8, 4) is 0 Å². The Hall–Kier alpha value is -1.67. The van der Waals surface area contributed by atoms with Crippen LogP contribution >= 0.6 is 0 Å². The summed E-state index contributed by atoms with van der Waals surface area (Å²) in [7, 11) is 0. The molecule has 0 bridgehead atoms. The topological polar surface area (TPSA) is 20.2 Å². The fraction of sp³-hybridized carbons (Fsp3) is 0.250. The van der Waals surface area contributed by atoms with E-state index in [1.54, 1.807) is 18.2 Å². The third-order valence-corrected chi connectivity index (χ3v) is 3.79. The predicted octanol–water partition coefficient (Wildman–Crippen LogP) is 3.32. The molecule has 1 atom stereocenters. The zero-order valence-corrected chi connectivity index (χ0v) is 10.3. The lowest BCUT2D eigenvalue weighted by Gasteiger charge is -2.25. The molecule has 2 aromatic carbocycles. The Bertz CT molecular complexity index is 606. The van der Waals surface area contributed by atoms with E-state index in [1.165, 1.54) is 6.07 Å². The van der Waals surface area contributed by atoms with Crippen molar-refractivity contribution in [1.29, 1.82) is 0 Å². The Kier molecular flexibility index (Phi) is 2.49. The molecular weight excluding hydrogens is 227 g/mol. The van der Waals surface area contributed by atoms with Gasteiger partial charge in [-0.1, -0.05) is 42.0 Å². The van der Waals surface area contributed by atoms with Crippen LogP contribution < -0.4 is 0 Å². The molecule has 0 amide bonds. The highest BCUT2D eigenvalue weighted by Gasteiger charge is 2.39. The van der Waals surface area contributed by atoms with E-state index >= 15 is 0 Å². The summed E-state index contributed by atoms with van der Waals surface area (Å²) in [6, 6.07) is 12.5. The minimum atomic E-state index is -1.17. The van der Waals surface area contributed by atoms with Crippen LogP contribution in [0.1, 0.15) is 28.7 Å². The van der Waals surface area contributed by atoms with E-state index in [-0.39, 0.29) is 5.82 Å². The molecular formula is C16H15FO. The van der Waals surface area contributed by atoms with Crippen LogP contribution in [0.25, 0.3) is 0 Å². The van der Waals surface area contributed by atoms with Crippen LogP contribution in [-0.4, -0.2) is 5.11 Å². The molecule has 1 unspecified atom stereocenters. The van der Waals surface area contributed by atoms with Crippen LogP contribution in [0.5, 0.6) is 0 Å². The summed E-state index contributed by atoms with van der Waals surface area (Å²) >= 11 is 0. The summed E-state index contributed by atoms with van der Waals surface area (Å²) in [4.78, 5) is 0. The van der Waals surface area contributed by atoms with E-state index in [2.05, 4.69) is 0 Å². The van der Waals surface area contributed by atoms with Gasteiger partial charge in [-0.3, -0.25) is 0 Å². The molecule has 0 spiro atoms. The van der Waals surface area contributed by atoms with Crippen molar-refractivity contribution in [2.75, 3.05) is 0 Å². The summed E-state index contributed by atoms with van der Waals surface area (Å²) in [5, 5.41) is 10.9. The van der Waals surface area contributed by atoms with Crippen LogP contribution in [0, 0.1) is 12.7 Å². The second-order valence-electron chi connectivity index (χ2n) is 5.00. The molecule has 1 aliphatic carbocycles. The van der Waals surface area contributed by atoms with Crippen molar-refractivity contribution in [2.45, 2.75) is 25.4 Å². The fourth-order valence-electron chi connectivity index (χ4n) is 2.82. The maximum atomic E-state index is 13.9. The first-order valence-corrected chi connectivity index (χ1v) is 6.19. The molecule has 0 saturated heterocycles. The molecule has 18 heavy (non-hydrogen) atoms. The highest BCUT2D eigenvalue weighted by atomic mass is 19.1. The monoisotopic (exact) mass is 242 g/mol. The zero-order valence-electron chi connectivity index (χ0n) is 10.3. The molecule has 0 fully saturated rings. The van der Waals surface area contributed by atoms with Crippen LogP contribution in [0.15, 0.2) is 42.5 Å². The zero-order chi connectivity index (χ0) is 12.8. The lowest BCUT2D eigenvalue weighted by Crippen LogP contribution is -2.25. The average molecular weight is 242 g/mol. The smallest absolute Gasteiger partial charge is 0.129 e. The van der Waals surface area contributed by atoms with Crippen LogP contribution in [0.3, 0.4) is 0 Å². The van der Waals surface area contributed by atoms with Gasteiger partial charge < -0.3 is 5.11 Å². The Balaban J connectivity index is 2.20. The van der Waals surface area contributed by atoms with Crippen LogP contribution in [0.4, 0.5) is 4.39 Å². The van der Waals surface area contributed by atoms with Crippen molar-refractivity contribution >= 4 is 0 Å². The third-order valence-electron chi connectivity index (χ3n) is 3.79. The first-order chi connectivity index (χ1) is 8.61. The van der Waals surface area contributed by atoms with E-state index in [1.807, 2.05) is 25.1 Å². The van der Waals surface area contributed by atoms with Gasteiger partial charge in [0.2, 0.25) is 0 Å². The molecule has 0 aliphatic heterocycles. The fourth-order valence-corrected chi connectivity index (χ4v) is 2.82. The molecule has 1 nitrogen and oxygen atoms in total. The lowest BCUT2D eigenvalue weighted by molar-refractivity contribution is 0.0789. The van der Waals surface area contributed by atoms with Crippen molar-refractivity contribution in [1.82, 2.24) is 0 Å². The molecule has 0 aromatic heterocycles. The SMILES string of the molecule is Cc1ccc2c(c1)C(O)(c1ccccc1F)CC2. The number of hydrogen-bond acceptors (Lipinski definition) is 1. The van der Waals surface area contributed by atoms with Gasteiger partial charge in [0.1, 0.15) is 11.4 Å². The van der Waals surface area contributed by atoms with Crippen molar-refractivity contribution in [3.63, 3.8) is 0 Å². The van der Waals surface area contributed by atoms with Gasteiger partial charge in [0, 0.05) is 5.56 Å². The quantitative estimate of drug-likeness (QED) is 0.813. The molecule has 3 rings (SSSR count). The van der Waals surface area contributed by atoms with Crippen LogP contribution in [-0.2, 0) is 12.0 Å². The number of benzene rings is 2. The number of fused-ring (bicyclic) bond motifs is 1. The van der Waals surface area contributed by atoms with Gasteiger partial charge in [0.25, 0.3) is 0 Å². The second-order valence-corrected chi connectivity index (χ2v) is 5.00. The number of aryl methyl sites for hydroxylation is 2. The van der Waals surface area contributed by atoms with E-state index in [4.69, 9.17) is 0 Å². The van der Waals surface area contributed by atoms with E-state index in [9.17, 15) is 9.50 Å². The van der Waals surface area contributed by atoms with Gasteiger partial charge >= 0.3 is 0 Å². The standard InChI is InChI=1S/C16H15FO/c1-11-6-7-12-8-9-16(18,14(12)10-11)13-4-2-3-5-15(13)17/h2-7,10,18H,8-9H2,1H3. The number of aliphatic hydroxyl groups is 1. The third kappa shape index (κ3) is 1.57. The predicted molar refractivity (Wildman–Crippen MR) is 68.9 cm³/mol. The van der Waals surface area contributed by atoms with Gasteiger partial charge in [-0.15, -0.1) is 0 Å². The highest BCUT2D eigenvalue weighted by Crippen LogP contribution is 2.43. The minimum absolute atomic E-state index is 0.339. The second kappa shape index (κ2) is 3.92. The average Bonchev–Trinajstić information content (AvgIpc) is 2.69. The maximum Gasteiger partial charge on any atom is 0.129 e. The Labute approximate surface area is 106 Å². The molecule has 1 N–H and O–H groups in total. The van der Waals surface area contributed by atoms with Crippen molar-refractivity contribution in [2.24, 2.45) is 0 Å². The minimum Gasteiger partial charge on any atom is -0.380 e. The molecule has 2 heteroatoms. The van der Waals surface area contributed by atoms with Gasteiger partial charge in [0.05, 0.1) is 0 Å². The molecule has 0 saturated carbocycles. The van der Waals surface area contributed by atoms with Gasteiger partial charge in [-0.05, 0) is 37.0 Å². The van der Waals surface area contributed by atoms with Crippen LogP contribution in [0.2, 0.25) is 0 Å². The molecule has 1 aliphatic rings. The Morgan fingerprint density at radius 3 is 2.67 bits per heavy atom. The summed E-state index contributed by atoms with van der Waals surface area (Å²) in [6.07, 6.45) is 1.34. The molecule has 92 valence electrons. The number of hydrogen-bond donors (Lipinski definition) is 1. The summed E-state index contributed by atoms with van der Waals surface area (Å²) < 4.78 is 13.9.